The van der Waals surface area contributed by atoms with E-state index >= 15 is 0 Å². The first-order valence-electron chi connectivity index (χ1n) is 13.2. The highest BCUT2D eigenvalue weighted by atomic mass is 19.4. The molecule has 0 bridgehead atoms. The number of rotatable bonds is 3. The summed E-state index contributed by atoms with van der Waals surface area (Å²) in [6, 6.07) is 18.3. The molecule has 2 aliphatic heterocycles. The molecule has 0 N–H and O–H groups in total. The Kier molecular flexibility index (Phi) is 6.41. The number of pyridine rings is 1. The molecule has 6 rings (SSSR count). The van der Waals surface area contributed by atoms with Gasteiger partial charge >= 0.3 is 6.18 Å². The lowest BCUT2D eigenvalue weighted by atomic mass is 9.85. The number of piperidine rings is 1. The SMILES string of the molecule is CC1CN(c2c(C#N)cnc3cc(-c4ccccc4)ccc23)CCC1C(=O)N1CCn2c(nnc2C(F)(F)F)C1. The molecule has 2 aromatic heterocycles. The monoisotopic (exact) mass is 545 g/mol. The van der Waals surface area contributed by atoms with Crippen molar-refractivity contribution >= 4 is 22.5 Å². The third-order valence-corrected chi connectivity index (χ3v) is 7.93. The van der Waals surface area contributed by atoms with Gasteiger partial charge in [0.2, 0.25) is 11.7 Å². The highest BCUT2D eigenvalue weighted by Crippen LogP contribution is 2.37. The molecule has 8 nitrogen and oxygen atoms in total. The van der Waals surface area contributed by atoms with E-state index in [9.17, 15) is 23.2 Å². The molecule has 0 radical (unpaired) electrons. The van der Waals surface area contributed by atoms with Crippen LogP contribution in [0.2, 0.25) is 0 Å². The number of anilines is 1. The van der Waals surface area contributed by atoms with Gasteiger partial charge in [-0.25, -0.2) is 0 Å². The summed E-state index contributed by atoms with van der Waals surface area (Å²) in [6.45, 7) is 3.33. The minimum atomic E-state index is -4.58. The van der Waals surface area contributed by atoms with E-state index in [1.54, 1.807) is 11.1 Å². The highest BCUT2D eigenvalue weighted by Gasteiger charge is 2.41. The van der Waals surface area contributed by atoms with Gasteiger partial charge in [-0.15, -0.1) is 10.2 Å². The van der Waals surface area contributed by atoms with Crippen molar-refractivity contribution in [3.63, 3.8) is 0 Å². The molecule has 4 aromatic rings. The summed E-state index contributed by atoms with van der Waals surface area (Å²) in [5, 5.41) is 17.8. The quantitative estimate of drug-likeness (QED) is 0.364. The van der Waals surface area contributed by atoms with Crippen LogP contribution in [0, 0.1) is 23.2 Å². The molecule has 0 aliphatic carbocycles. The number of hydrogen-bond donors (Lipinski definition) is 0. The van der Waals surface area contributed by atoms with Crippen molar-refractivity contribution in [1.29, 1.82) is 5.26 Å². The number of alkyl halides is 3. The van der Waals surface area contributed by atoms with Crippen LogP contribution in [0.3, 0.4) is 0 Å². The van der Waals surface area contributed by atoms with Gasteiger partial charge < -0.3 is 14.4 Å². The molecule has 204 valence electrons. The van der Waals surface area contributed by atoms with Crippen molar-refractivity contribution in [2.24, 2.45) is 11.8 Å². The highest BCUT2D eigenvalue weighted by molar-refractivity contribution is 5.96. The van der Waals surface area contributed by atoms with Crippen molar-refractivity contribution in [3.05, 3.63) is 71.9 Å². The number of aromatic nitrogens is 4. The first kappa shape index (κ1) is 25.8. The summed E-state index contributed by atoms with van der Waals surface area (Å²) in [5.41, 5.74) is 4.20. The number of nitriles is 1. The largest absolute Gasteiger partial charge is 0.451 e. The Hall–Kier alpha value is -4.46. The average molecular weight is 546 g/mol. The number of benzene rings is 2. The van der Waals surface area contributed by atoms with Crippen LogP contribution >= 0.6 is 0 Å². The van der Waals surface area contributed by atoms with Crippen molar-refractivity contribution < 1.29 is 18.0 Å². The number of carbonyl (C=O) groups is 1. The summed E-state index contributed by atoms with van der Waals surface area (Å²) in [6.07, 6.45) is -2.41. The molecule has 2 unspecified atom stereocenters. The third-order valence-electron chi connectivity index (χ3n) is 7.93. The van der Waals surface area contributed by atoms with Crippen LogP contribution in [0.15, 0.2) is 54.7 Å². The predicted octanol–water partition coefficient (Wildman–Crippen LogP) is 4.89. The lowest BCUT2D eigenvalue weighted by Crippen LogP contribution is -2.49. The van der Waals surface area contributed by atoms with Gasteiger partial charge in [-0.2, -0.15) is 18.4 Å². The van der Waals surface area contributed by atoms with E-state index in [2.05, 4.69) is 26.2 Å². The van der Waals surface area contributed by atoms with E-state index in [0.29, 0.717) is 25.1 Å². The zero-order chi connectivity index (χ0) is 28.0. The second-order valence-electron chi connectivity index (χ2n) is 10.4. The molecule has 2 atom stereocenters. The van der Waals surface area contributed by atoms with Crippen molar-refractivity contribution in [1.82, 2.24) is 24.6 Å². The van der Waals surface area contributed by atoms with Gasteiger partial charge in [-0.05, 0) is 29.5 Å². The van der Waals surface area contributed by atoms with E-state index in [1.165, 1.54) is 0 Å². The molecule has 40 heavy (non-hydrogen) atoms. The fraction of sp³-hybridized carbons (Fsp3) is 0.345. The predicted molar refractivity (Wildman–Crippen MR) is 142 cm³/mol. The van der Waals surface area contributed by atoms with Crippen LogP contribution in [0.5, 0.6) is 0 Å². The van der Waals surface area contributed by atoms with Crippen LogP contribution in [-0.2, 0) is 24.1 Å². The first-order valence-corrected chi connectivity index (χ1v) is 13.2. The number of halogens is 3. The molecule has 1 amide bonds. The maximum atomic E-state index is 13.5. The van der Waals surface area contributed by atoms with Gasteiger partial charge in [0.1, 0.15) is 6.07 Å². The topological polar surface area (TPSA) is 90.9 Å². The standard InChI is InChI=1S/C29H26F3N7O/c1-18-16-37(10-9-22(18)27(40)38-11-12-39-25(17-38)35-36-28(39)29(30,31)32)26-21(14-33)15-34-24-13-20(7-8-23(24)26)19-5-3-2-4-6-19/h2-8,13,15,18,22H,9-12,16-17H2,1H3. The molecule has 2 aromatic carbocycles. The fourth-order valence-electron chi connectivity index (χ4n) is 5.92. The van der Waals surface area contributed by atoms with Gasteiger partial charge in [0.05, 0.1) is 23.3 Å². The van der Waals surface area contributed by atoms with Crippen molar-refractivity contribution in [3.8, 4) is 17.2 Å². The van der Waals surface area contributed by atoms with Crippen LogP contribution in [0.1, 0.15) is 30.6 Å². The first-order chi connectivity index (χ1) is 19.2. The minimum Gasteiger partial charge on any atom is -0.370 e. The van der Waals surface area contributed by atoms with E-state index < -0.39 is 12.0 Å². The van der Waals surface area contributed by atoms with Gasteiger partial charge in [0, 0.05) is 43.7 Å². The summed E-state index contributed by atoms with van der Waals surface area (Å²) in [4.78, 5) is 21.8. The van der Waals surface area contributed by atoms with Crippen LogP contribution < -0.4 is 4.90 Å². The Bertz CT molecular complexity index is 1630. The lowest BCUT2D eigenvalue weighted by Gasteiger charge is -2.40. The van der Waals surface area contributed by atoms with E-state index in [1.807, 2.05) is 55.5 Å². The van der Waals surface area contributed by atoms with Crippen molar-refractivity contribution in [2.75, 3.05) is 24.5 Å². The molecule has 0 saturated carbocycles. The second kappa shape index (κ2) is 9.93. The number of carbonyl (C=O) groups excluding carboxylic acids is 1. The zero-order valence-corrected chi connectivity index (χ0v) is 21.8. The summed E-state index contributed by atoms with van der Waals surface area (Å²) >= 11 is 0. The van der Waals surface area contributed by atoms with Gasteiger partial charge in [0.15, 0.2) is 5.82 Å². The Morgan fingerprint density at radius 1 is 1.05 bits per heavy atom. The van der Waals surface area contributed by atoms with E-state index in [4.69, 9.17) is 0 Å². The maximum absolute atomic E-state index is 13.5. The molecular formula is C29H26F3N7O. The number of fused-ring (bicyclic) bond motifs is 2. The maximum Gasteiger partial charge on any atom is 0.451 e. The number of nitrogens with zero attached hydrogens (tertiary/aromatic N) is 7. The van der Waals surface area contributed by atoms with E-state index in [0.717, 1.165) is 32.3 Å². The minimum absolute atomic E-state index is 0.00612. The summed E-state index contributed by atoms with van der Waals surface area (Å²) in [7, 11) is 0. The Morgan fingerprint density at radius 3 is 2.58 bits per heavy atom. The Labute approximate surface area is 228 Å². The van der Waals surface area contributed by atoms with Gasteiger partial charge in [0.25, 0.3) is 0 Å². The van der Waals surface area contributed by atoms with Crippen LogP contribution in [0.4, 0.5) is 18.9 Å². The molecule has 1 saturated heterocycles. The molecule has 11 heteroatoms. The fourth-order valence-corrected chi connectivity index (χ4v) is 5.92. The van der Waals surface area contributed by atoms with Gasteiger partial charge in [-0.1, -0.05) is 49.4 Å². The molecule has 2 aliphatic rings. The second-order valence-corrected chi connectivity index (χ2v) is 10.4. The lowest BCUT2D eigenvalue weighted by molar-refractivity contribution is -0.148. The molecule has 4 heterocycles. The molecule has 0 spiro atoms. The molecule has 1 fully saturated rings. The summed E-state index contributed by atoms with van der Waals surface area (Å²) < 4.78 is 40.7. The zero-order valence-electron chi connectivity index (χ0n) is 21.8. The van der Waals surface area contributed by atoms with Gasteiger partial charge in [-0.3, -0.25) is 9.78 Å². The average Bonchev–Trinajstić information content (AvgIpc) is 3.40. The van der Waals surface area contributed by atoms with Crippen molar-refractivity contribution in [2.45, 2.75) is 32.6 Å². The third kappa shape index (κ3) is 4.53. The van der Waals surface area contributed by atoms with E-state index in [-0.39, 0.29) is 43.2 Å². The van der Waals surface area contributed by atoms with Crippen LogP contribution in [0.25, 0.3) is 22.0 Å². The van der Waals surface area contributed by atoms with Crippen LogP contribution in [-0.4, -0.2) is 50.2 Å². The Morgan fingerprint density at radius 2 is 1.85 bits per heavy atom. The smallest absolute Gasteiger partial charge is 0.370 e. The number of hydrogen-bond acceptors (Lipinski definition) is 6. The summed E-state index contributed by atoms with van der Waals surface area (Å²) in [5.74, 6) is -1.28. The number of amides is 1. The molecular weight excluding hydrogens is 519 g/mol. The normalized spacial score (nSPS) is 19.4. The Balaban J connectivity index is 1.21.